The highest BCUT2D eigenvalue weighted by Crippen LogP contribution is 2.12. The van der Waals surface area contributed by atoms with Gasteiger partial charge in [0.2, 0.25) is 5.91 Å². The number of aliphatic hydroxyl groups excluding tert-OH is 1. The molecular formula is C17H35NO2. The summed E-state index contributed by atoms with van der Waals surface area (Å²) < 4.78 is 0. The molecular weight excluding hydrogens is 250 g/mol. The summed E-state index contributed by atoms with van der Waals surface area (Å²) in [6.07, 6.45) is 12.7. The van der Waals surface area contributed by atoms with Gasteiger partial charge in [-0.05, 0) is 19.8 Å². The van der Waals surface area contributed by atoms with Crippen LogP contribution in [-0.2, 0) is 4.79 Å². The Hall–Kier alpha value is -0.570. The average molecular weight is 285 g/mol. The van der Waals surface area contributed by atoms with Gasteiger partial charge in [-0.15, -0.1) is 0 Å². The van der Waals surface area contributed by atoms with E-state index in [2.05, 4.69) is 12.2 Å². The van der Waals surface area contributed by atoms with Crippen LogP contribution in [0.4, 0.5) is 0 Å². The number of aliphatic hydroxyl groups is 1. The fourth-order valence-corrected chi connectivity index (χ4v) is 2.24. The molecule has 2 N–H and O–H groups in total. The third-order valence-electron chi connectivity index (χ3n) is 4.08. The van der Waals surface area contributed by atoms with E-state index in [9.17, 15) is 9.90 Å². The largest absolute Gasteiger partial charge is 0.394 e. The molecule has 0 fully saturated rings. The van der Waals surface area contributed by atoms with E-state index in [1.54, 1.807) is 0 Å². The lowest BCUT2D eigenvalue weighted by atomic mass is 9.99. The second kappa shape index (κ2) is 12.2. The molecule has 3 nitrogen and oxygen atoms in total. The Bertz CT molecular complexity index is 237. The van der Waals surface area contributed by atoms with E-state index < -0.39 is 5.54 Å². The minimum Gasteiger partial charge on any atom is -0.394 e. The number of hydrogen-bond donors (Lipinski definition) is 2. The number of unbranched alkanes of at least 4 members (excludes halogenated alkanes) is 8. The Labute approximate surface area is 125 Å². The van der Waals surface area contributed by atoms with Crippen LogP contribution in [0.1, 0.15) is 91.4 Å². The van der Waals surface area contributed by atoms with Crippen molar-refractivity contribution in [2.45, 2.75) is 96.9 Å². The molecule has 0 saturated carbocycles. The van der Waals surface area contributed by atoms with Gasteiger partial charge in [-0.25, -0.2) is 0 Å². The Kier molecular flexibility index (Phi) is 11.8. The number of nitrogens with one attached hydrogen (secondary N) is 1. The molecule has 0 radical (unpaired) electrons. The minimum absolute atomic E-state index is 0.00694. The fraction of sp³-hybridized carbons (Fsp3) is 0.941. The maximum Gasteiger partial charge on any atom is 0.220 e. The van der Waals surface area contributed by atoms with Gasteiger partial charge < -0.3 is 10.4 Å². The van der Waals surface area contributed by atoms with Crippen molar-refractivity contribution in [3.05, 3.63) is 0 Å². The molecule has 0 aromatic heterocycles. The summed E-state index contributed by atoms with van der Waals surface area (Å²) in [7, 11) is 0. The predicted molar refractivity (Wildman–Crippen MR) is 85.8 cm³/mol. The zero-order valence-corrected chi connectivity index (χ0v) is 13.8. The topological polar surface area (TPSA) is 49.3 Å². The lowest BCUT2D eigenvalue weighted by molar-refractivity contribution is -0.123. The second-order valence-corrected chi connectivity index (χ2v) is 6.20. The van der Waals surface area contributed by atoms with Crippen LogP contribution in [0.5, 0.6) is 0 Å². The van der Waals surface area contributed by atoms with Crippen molar-refractivity contribution in [2.75, 3.05) is 6.61 Å². The Morgan fingerprint density at radius 2 is 1.45 bits per heavy atom. The molecule has 1 unspecified atom stereocenters. The highest BCUT2D eigenvalue weighted by atomic mass is 16.3. The number of rotatable bonds is 13. The van der Waals surface area contributed by atoms with E-state index in [-0.39, 0.29) is 12.5 Å². The summed E-state index contributed by atoms with van der Waals surface area (Å²) in [5, 5.41) is 12.2. The van der Waals surface area contributed by atoms with Crippen LogP contribution in [0.3, 0.4) is 0 Å². The molecule has 3 heteroatoms. The van der Waals surface area contributed by atoms with Crippen molar-refractivity contribution >= 4 is 5.91 Å². The molecule has 120 valence electrons. The highest BCUT2D eigenvalue weighted by Gasteiger charge is 2.22. The summed E-state index contributed by atoms with van der Waals surface area (Å²) in [5.41, 5.74) is -0.448. The van der Waals surface area contributed by atoms with Crippen LogP contribution in [0.25, 0.3) is 0 Å². The monoisotopic (exact) mass is 285 g/mol. The number of carbonyl (C=O) groups excluding carboxylic acids is 1. The van der Waals surface area contributed by atoms with Crippen LogP contribution in [0, 0.1) is 0 Å². The molecule has 0 aromatic carbocycles. The molecule has 0 heterocycles. The van der Waals surface area contributed by atoms with Crippen molar-refractivity contribution in [1.82, 2.24) is 5.32 Å². The lowest BCUT2D eigenvalue weighted by Crippen LogP contribution is -2.48. The van der Waals surface area contributed by atoms with E-state index in [4.69, 9.17) is 0 Å². The van der Waals surface area contributed by atoms with E-state index in [1.165, 1.54) is 44.9 Å². The Morgan fingerprint density at radius 1 is 0.950 bits per heavy atom. The van der Waals surface area contributed by atoms with Gasteiger partial charge in [0.05, 0.1) is 12.1 Å². The quantitative estimate of drug-likeness (QED) is 0.499. The molecule has 1 amide bonds. The molecule has 0 rings (SSSR count). The zero-order valence-electron chi connectivity index (χ0n) is 13.8. The second-order valence-electron chi connectivity index (χ2n) is 6.20. The van der Waals surface area contributed by atoms with Crippen molar-refractivity contribution in [1.29, 1.82) is 0 Å². The van der Waals surface area contributed by atoms with Gasteiger partial charge in [-0.1, -0.05) is 65.2 Å². The SMILES string of the molecule is CCCCCCCCCCCC(=O)NC(C)(CC)CO. The third kappa shape index (κ3) is 10.2. The van der Waals surface area contributed by atoms with Gasteiger partial charge in [0.25, 0.3) is 0 Å². The van der Waals surface area contributed by atoms with Crippen LogP contribution in [0.15, 0.2) is 0 Å². The van der Waals surface area contributed by atoms with E-state index in [0.717, 1.165) is 19.3 Å². The molecule has 0 aromatic rings. The fourth-order valence-electron chi connectivity index (χ4n) is 2.24. The summed E-state index contributed by atoms with van der Waals surface area (Å²) in [6, 6.07) is 0. The predicted octanol–water partition coefficient (Wildman–Crippen LogP) is 4.18. The summed E-state index contributed by atoms with van der Waals surface area (Å²) in [4.78, 5) is 11.8. The van der Waals surface area contributed by atoms with Gasteiger partial charge >= 0.3 is 0 Å². The van der Waals surface area contributed by atoms with Gasteiger partial charge in [-0.3, -0.25) is 4.79 Å². The van der Waals surface area contributed by atoms with Crippen molar-refractivity contribution < 1.29 is 9.90 Å². The molecule has 0 spiro atoms. The van der Waals surface area contributed by atoms with Crippen LogP contribution < -0.4 is 5.32 Å². The van der Waals surface area contributed by atoms with Crippen molar-refractivity contribution in [3.63, 3.8) is 0 Å². The van der Waals surface area contributed by atoms with E-state index in [0.29, 0.717) is 6.42 Å². The average Bonchev–Trinajstić information content (AvgIpc) is 2.45. The van der Waals surface area contributed by atoms with E-state index >= 15 is 0 Å². The number of carbonyl (C=O) groups is 1. The standard InChI is InChI=1S/C17H35NO2/c1-4-6-7-8-9-10-11-12-13-14-16(20)18-17(3,5-2)15-19/h19H,4-15H2,1-3H3,(H,18,20). The lowest BCUT2D eigenvalue weighted by Gasteiger charge is -2.27. The van der Waals surface area contributed by atoms with Gasteiger partial charge in [0, 0.05) is 6.42 Å². The normalized spacial score (nSPS) is 14.0. The Balaban J connectivity index is 3.44. The number of amides is 1. The first-order valence-electron chi connectivity index (χ1n) is 8.50. The molecule has 0 aliphatic rings. The first-order chi connectivity index (χ1) is 9.58. The van der Waals surface area contributed by atoms with Crippen molar-refractivity contribution in [2.24, 2.45) is 0 Å². The number of hydrogen-bond acceptors (Lipinski definition) is 2. The third-order valence-corrected chi connectivity index (χ3v) is 4.08. The van der Waals surface area contributed by atoms with Crippen LogP contribution >= 0.6 is 0 Å². The summed E-state index contributed by atoms with van der Waals surface area (Å²) >= 11 is 0. The molecule has 0 bridgehead atoms. The van der Waals surface area contributed by atoms with Crippen LogP contribution in [-0.4, -0.2) is 23.2 Å². The summed E-state index contributed by atoms with van der Waals surface area (Å²) in [5.74, 6) is 0.0753. The summed E-state index contributed by atoms with van der Waals surface area (Å²) in [6.45, 7) is 6.12. The van der Waals surface area contributed by atoms with E-state index in [1.807, 2.05) is 13.8 Å². The first kappa shape index (κ1) is 19.4. The maximum absolute atomic E-state index is 11.8. The minimum atomic E-state index is -0.448. The first-order valence-corrected chi connectivity index (χ1v) is 8.50. The zero-order chi connectivity index (χ0) is 15.3. The molecule has 0 saturated heterocycles. The smallest absolute Gasteiger partial charge is 0.220 e. The van der Waals surface area contributed by atoms with Gasteiger partial charge in [0.15, 0.2) is 0 Å². The maximum atomic E-state index is 11.8. The molecule has 1 atom stereocenters. The van der Waals surface area contributed by atoms with Gasteiger partial charge in [0.1, 0.15) is 0 Å². The molecule has 0 aliphatic heterocycles. The highest BCUT2D eigenvalue weighted by molar-refractivity contribution is 5.76. The Morgan fingerprint density at radius 3 is 1.90 bits per heavy atom. The van der Waals surface area contributed by atoms with Crippen molar-refractivity contribution in [3.8, 4) is 0 Å². The van der Waals surface area contributed by atoms with Crippen LogP contribution in [0.2, 0.25) is 0 Å². The molecule has 20 heavy (non-hydrogen) atoms. The van der Waals surface area contributed by atoms with Gasteiger partial charge in [-0.2, -0.15) is 0 Å². The molecule has 0 aliphatic carbocycles.